The number of β-amino-alcohol motifs (C(OH)–C–C–N with tert-alkyl or cyclic N) is 1. The lowest BCUT2D eigenvalue weighted by molar-refractivity contribution is 0.114. The maximum Gasteiger partial charge on any atom is 0.0639 e. The fourth-order valence-corrected chi connectivity index (χ4v) is 3.53. The summed E-state index contributed by atoms with van der Waals surface area (Å²) in [4.78, 5) is 9.34. The molecule has 0 spiro atoms. The van der Waals surface area contributed by atoms with Crippen LogP contribution in [0.1, 0.15) is 19.0 Å². The molecule has 2 aliphatic heterocycles. The molecule has 1 unspecified atom stereocenters. The number of allylic oxidation sites excluding steroid dienone is 1. The number of aliphatic hydroxyl groups is 1. The number of nitrogens with one attached hydrogen (secondary N) is 2. The normalized spacial score (nSPS) is 24.6. The molecule has 0 aromatic carbocycles. The van der Waals surface area contributed by atoms with Crippen LogP contribution >= 0.6 is 0 Å². The molecule has 0 bridgehead atoms. The number of hydrogen-bond acceptors (Lipinski definition) is 6. The topological polar surface area (TPSA) is 79.8 Å². The van der Waals surface area contributed by atoms with Gasteiger partial charge < -0.3 is 10.4 Å². The quantitative estimate of drug-likeness (QED) is 0.689. The Morgan fingerprint density at radius 2 is 2.20 bits per heavy atom. The Morgan fingerprint density at radius 3 is 2.92 bits per heavy atom. The minimum atomic E-state index is -0.314. The highest BCUT2D eigenvalue weighted by molar-refractivity contribution is 5.96. The zero-order valence-corrected chi connectivity index (χ0v) is 15.1. The van der Waals surface area contributed by atoms with Gasteiger partial charge in [0, 0.05) is 75.9 Å². The molecule has 3 heterocycles. The highest BCUT2D eigenvalue weighted by Gasteiger charge is 2.21. The van der Waals surface area contributed by atoms with Gasteiger partial charge in [-0.25, -0.2) is 0 Å². The Hall–Kier alpha value is -1.54. The van der Waals surface area contributed by atoms with Crippen LogP contribution in [0, 0.1) is 0 Å². The second kappa shape index (κ2) is 9.24. The van der Waals surface area contributed by atoms with Gasteiger partial charge in [-0.2, -0.15) is 5.10 Å². The summed E-state index contributed by atoms with van der Waals surface area (Å²) in [6.07, 6.45) is 6.69. The molecule has 0 amide bonds. The van der Waals surface area contributed by atoms with Crippen LogP contribution in [-0.2, 0) is 6.54 Å². The molecule has 1 aromatic rings. The van der Waals surface area contributed by atoms with Crippen LogP contribution in [0.4, 0.5) is 0 Å². The van der Waals surface area contributed by atoms with E-state index in [1.54, 1.807) is 6.20 Å². The molecule has 2 aliphatic rings. The lowest BCUT2D eigenvalue weighted by Gasteiger charge is -2.28. The molecule has 138 valence electrons. The lowest BCUT2D eigenvalue weighted by atomic mass is 10.1. The maximum absolute atomic E-state index is 9.86. The van der Waals surface area contributed by atoms with E-state index in [0.717, 1.165) is 57.9 Å². The number of H-pyrrole nitrogens is 1. The fourth-order valence-electron chi connectivity index (χ4n) is 3.53. The van der Waals surface area contributed by atoms with Crippen LogP contribution in [0.2, 0.25) is 0 Å². The van der Waals surface area contributed by atoms with Crippen LogP contribution in [0.5, 0.6) is 0 Å². The van der Waals surface area contributed by atoms with Gasteiger partial charge in [-0.15, -0.1) is 0 Å². The number of nitrogens with zero attached hydrogens (tertiary/aromatic N) is 4. The second-order valence-corrected chi connectivity index (χ2v) is 7.06. The van der Waals surface area contributed by atoms with Crippen molar-refractivity contribution in [2.24, 2.45) is 4.99 Å². The van der Waals surface area contributed by atoms with E-state index < -0.39 is 0 Å². The van der Waals surface area contributed by atoms with Crippen molar-refractivity contribution in [3.8, 4) is 0 Å². The van der Waals surface area contributed by atoms with Gasteiger partial charge in [0.05, 0.1) is 12.6 Å². The van der Waals surface area contributed by atoms with Crippen LogP contribution in [0.15, 0.2) is 29.4 Å². The minimum Gasteiger partial charge on any atom is -0.392 e. The van der Waals surface area contributed by atoms with Crippen LogP contribution in [0.25, 0.3) is 0 Å². The molecule has 3 N–H and O–H groups in total. The van der Waals surface area contributed by atoms with Gasteiger partial charge in [-0.1, -0.05) is 6.08 Å². The molecule has 1 aromatic heterocycles. The molecule has 1 fully saturated rings. The van der Waals surface area contributed by atoms with Crippen molar-refractivity contribution in [1.82, 2.24) is 25.3 Å². The molecular formula is C18H30N6O. The van der Waals surface area contributed by atoms with Gasteiger partial charge >= 0.3 is 0 Å². The number of aliphatic hydroxyl groups excluding tert-OH is 1. The zero-order valence-electron chi connectivity index (χ0n) is 15.1. The summed E-state index contributed by atoms with van der Waals surface area (Å²) in [5.41, 5.74) is 2.33. The summed E-state index contributed by atoms with van der Waals surface area (Å²) in [5, 5.41) is 20.6. The van der Waals surface area contributed by atoms with Crippen molar-refractivity contribution >= 4 is 5.71 Å². The molecule has 1 saturated heterocycles. The molecule has 3 rings (SSSR count). The molecule has 0 radical (unpaired) electrons. The van der Waals surface area contributed by atoms with E-state index in [4.69, 9.17) is 0 Å². The number of aliphatic imine (C=N–C) groups is 1. The minimum absolute atomic E-state index is 0.314. The first-order valence-electron chi connectivity index (χ1n) is 9.23. The van der Waals surface area contributed by atoms with Crippen molar-refractivity contribution in [3.63, 3.8) is 0 Å². The highest BCUT2D eigenvalue weighted by atomic mass is 16.3. The van der Waals surface area contributed by atoms with E-state index in [1.807, 2.05) is 13.0 Å². The first-order valence-corrected chi connectivity index (χ1v) is 9.23. The summed E-state index contributed by atoms with van der Waals surface area (Å²) in [6, 6.07) is 2.40. The Balaban J connectivity index is 1.61. The number of aromatic amines is 1. The predicted molar refractivity (Wildman–Crippen MR) is 99.8 cm³/mol. The molecule has 2 atom stereocenters. The Labute approximate surface area is 149 Å². The van der Waals surface area contributed by atoms with E-state index in [-0.39, 0.29) is 6.10 Å². The monoisotopic (exact) mass is 346 g/mol. The summed E-state index contributed by atoms with van der Waals surface area (Å²) in [7, 11) is 0. The third kappa shape index (κ3) is 6.04. The second-order valence-electron chi connectivity index (χ2n) is 7.06. The molecule has 7 heteroatoms. The van der Waals surface area contributed by atoms with Crippen molar-refractivity contribution in [3.05, 3.63) is 30.1 Å². The van der Waals surface area contributed by atoms with E-state index in [0.29, 0.717) is 12.6 Å². The summed E-state index contributed by atoms with van der Waals surface area (Å²) >= 11 is 0. The van der Waals surface area contributed by atoms with Crippen LogP contribution in [0.3, 0.4) is 0 Å². The lowest BCUT2D eigenvalue weighted by Crippen LogP contribution is -2.44. The molecule has 25 heavy (non-hydrogen) atoms. The summed E-state index contributed by atoms with van der Waals surface area (Å²) < 4.78 is 0. The highest BCUT2D eigenvalue weighted by Crippen LogP contribution is 2.08. The smallest absolute Gasteiger partial charge is 0.0639 e. The fraction of sp³-hybridized carbons (Fsp3) is 0.667. The maximum atomic E-state index is 9.86. The Morgan fingerprint density at radius 1 is 1.32 bits per heavy atom. The van der Waals surface area contributed by atoms with E-state index in [2.05, 4.69) is 42.5 Å². The van der Waals surface area contributed by atoms with Gasteiger partial charge in [0.15, 0.2) is 0 Å². The Kier molecular flexibility index (Phi) is 6.75. The molecule has 0 saturated carbocycles. The van der Waals surface area contributed by atoms with Gasteiger partial charge in [0.25, 0.3) is 0 Å². The van der Waals surface area contributed by atoms with Gasteiger partial charge in [0.2, 0.25) is 0 Å². The van der Waals surface area contributed by atoms with E-state index in [9.17, 15) is 5.11 Å². The zero-order chi connectivity index (χ0) is 17.5. The first-order chi connectivity index (χ1) is 12.2. The van der Waals surface area contributed by atoms with Gasteiger partial charge in [-0.3, -0.25) is 19.9 Å². The molecular weight excluding hydrogens is 316 g/mol. The third-order valence-electron chi connectivity index (χ3n) is 4.71. The Bertz CT molecular complexity index is 568. The molecule has 0 aliphatic carbocycles. The first kappa shape index (κ1) is 18.3. The van der Waals surface area contributed by atoms with E-state index in [1.165, 1.54) is 5.71 Å². The van der Waals surface area contributed by atoms with Crippen LogP contribution in [-0.4, -0.2) is 88.8 Å². The van der Waals surface area contributed by atoms with E-state index >= 15 is 0 Å². The van der Waals surface area contributed by atoms with Crippen molar-refractivity contribution in [1.29, 1.82) is 0 Å². The SMILES string of the molecule is C[C@H](O)CN1CCN(Cc2ccn[nH]2)CCNC(CC2=NCC=C2)C1. The van der Waals surface area contributed by atoms with Gasteiger partial charge in [0.1, 0.15) is 0 Å². The summed E-state index contributed by atoms with van der Waals surface area (Å²) in [6.45, 7) is 9.11. The summed E-state index contributed by atoms with van der Waals surface area (Å²) in [5.74, 6) is 0. The largest absolute Gasteiger partial charge is 0.392 e. The number of hydrogen-bond donors (Lipinski definition) is 3. The van der Waals surface area contributed by atoms with Crippen molar-refractivity contribution in [2.45, 2.75) is 32.0 Å². The van der Waals surface area contributed by atoms with Crippen molar-refractivity contribution in [2.75, 3.05) is 45.8 Å². The number of rotatable bonds is 6. The predicted octanol–water partition coefficient (Wildman–Crippen LogP) is 0.267. The van der Waals surface area contributed by atoms with Crippen LogP contribution < -0.4 is 5.32 Å². The molecule has 7 nitrogen and oxygen atoms in total. The average molecular weight is 346 g/mol. The number of aromatic nitrogens is 2. The third-order valence-corrected chi connectivity index (χ3v) is 4.71. The van der Waals surface area contributed by atoms with Crippen molar-refractivity contribution < 1.29 is 5.11 Å². The van der Waals surface area contributed by atoms with Gasteiger partial charge in [-0.05, 0) is 19.1 Å². The average Bonchev–Trinajstić information content (AvgIpc) is 3.25. The standard InChI is InChI=1S/C18H30N6O/c1-15(25)12-24-10-9-23(13-17-4-6-21-22-17)8-7-20-18(14-24)11-16-3-2-5-19-16/h2-4,6,15,18,20,25H,5,7-14H2,1H3,(H,21,22)/t15-,18?/m0/s1.